The number of carbonyl (C=O) groups is 1. The van der Waals surface area contributed by atoms with Crippen molar-refractivity contribution in [2.24, 2.45) is 0 Å². The molecule has 0 saturated heterocycles. The van der Waals surface area contributed by atoms with Crippen molar-refractivity contribution in [2.45, 2.75) is 12.1 Å². The molecule has 2 aromatic rings. The Morgan fingerprint density at radius 2 is 2.35 bits per heavy atom. The maximum atomic E-state index is 12.3. The van der Waals surface area contributed by atoms with Crippen molar-refractivity contribution in [2.75, 3.05) is 12.9 Å². The maximum Gasteiger partial charge on any atom is 0.343 e. The van der Waals surface area contributed by atoms with E-state index in [1.807, 2.05) is 6.26 Å². The number of pyridine rings is 1. The molecule has 0 aliphatic rings. The second kappa shape index (κ2) is 5.87. The van der Waals surface area contributed by atoms with Gasteiger partial charge in [0, 0.05) is 18.6 Å². The Balaban J connectivity index is 2.76. The molecule has 20 heavy (non-hydrogen) atoms. The van der Waals surface area contributed by atoms with Gasteiger partial charge in [0.05, 0.1) is 12.0 Å². The molecule has 0 amide bonds. The third kappa shape index (κ3) is 2.44. The van der Waals surface area contributed by atoms with Gasteiger partial charge < -0.3 is 9.30 Å². The minimum Gasteiger partial charge on any atom is -0.462 e. The maximum absolute atomic E-state index is 12.3. The number of thioether (sulfide) groups is 1. The van der Waals surface area contributed by atoms with E-state index in [4.69, 9.17) is 4.74 Å². The van der Waals surface area contributed by atoms with Gasteiger partial charge in [0.25, 0.3) is 0 Å². The fourth-order valence-electron chi connectivity index (χ4n) is 1.71. The molecule has 104 valence electrons. The second-order valence-corrected chi connectivity index (χ2v) is 4.55. The first kappa shape index (κ1) is 14.3. The van der Waals surface area contributed by atoms with E-state index in [2.05, 4.69) is 16.5 Å². The van der Waals surface area contributed by atoms with Gasteiger partial charge in [-0.25, -0.2) is 14.8 Å². The van der Waals surface area contributed by atoms with Crippen LogP contribution in [0.5, 0.6) is 0 Å². The highest BCUT2D eigenvalue weighted by Gasteiger charge is 2.17. The van der Waals surface area contributed by atoms with Crippen LogP contribution in [0.3, 0.4) is 0 Å². The molecule has 0 aromatic carbocycles. The van der Waals surface area contributed by atoms with Crippen LogP contribution in [0, 0.1) is 0 Å². The van der Waals surface area contributed by atoms with Gasteiger partial charge >= 0.3 is 5.97 Å². The molecule has 0 aliphatic carbocycles. The SMILES string of the molecule is C=Cn1cc(C(=O)OCC)c(=O)c2cnc(SC)nc21. The standard InChI is InChI=1S/C13H13N3O3S/c1-4-16-7-9(12(18)19-5-2)10(17)8-6-14-13(20-3)15-11(8)16/h4,6-7H,1,5H2,2-3H3. The number of rotatable bonds is 4. The summed E-state index contributed by atoms with van der Waals surface area (Å²) in [4.78, 5) is 32.4. The number of fused-ring (bicyclic) bond motifs is 1. The van der Waals surface area contributed by atoms with Gasteiger partial charge in [-0.15, -0.1) is 0 Å². The Morgan fingerprint density at radius 3 is 2.95 bits per heavy atom. The molecule has 0 saturated carbocycles. The lowest BCUT2D eigenvalue weighted by Gasteiger charge is -2.08. The molecule has 2 aromatic heterocycles. The van der Waals surface area contributed by atoms with Crippen molar-refractivity contribution in [3.63, 3.8) is 0 Å². The first-order chi connectivity index (χ1) is 9.62. The topological polar surface area (TPSA) is 74.1 Å². The number of ether oxygens (including phenoxy) is 1. The molecule has 2 heterocycles. The van der Waals surface area contributed by atoms with E-state index in [9.17, 15) is 9.59 Å². The number of esters is 1. The molecule has 6 nitrogen and oxygen atoms in total. The minimum atomic E-state index is -0.663. The number of carbonyl (C=O) groups excluding carboxylic acids is 1. The highest BCUT2D eigenvalue weighted by atomic mass is 32.2. The van der Waals surface area contributed by atoms with Crippen LogP contribution in [0.1, 0.15) is 17.3 Å². The minimum absolute atomic E-state index is 0.0558. The predicted molar refractivity (Wildman–Crippen MR) is 77.9 cm³/mol. The summed E-state index contributed by atoms with van der Waals surface area (Å²) in [5, 5.41) is 0.796. The molecular weight excluding hydrogens is 278 g/mol. The van der Waals surface area contributed by atoms with Crippen LogP contribution in [-0.2, 0) is 4.74 Å². The highest BCUT2D eigenvalue weighted by Crippen LogP contribution is 2.14. The van der Waals surface area contributed by atoms with Gasteiger partial charge in [0.1, 0.15) is 5.56 Å². The van der Waals surface area contributed by atoms with Crippen molar-refractivity contribution in [1.29, 1.82) is 0 Å². The molecule has 2 rings (SSSR count). The van der Waals surface area contributed by atoms with Gasteiger partial charge in [-0.05, 0) is 13.2 Å². The Kier molecular flexibility index (Phi) is 4.19. The van der Waals surface area contributed by atoms with Crippen LogP contribution >= 0.6 is 11.8 Å². The molecule has 0 spiro atoms. The van der Waals surface area contributed by atoms with E-state index in [0.717, 1.165) is 0 Å². The molecule has 0 atom stereocenters. The lowest BCUT2D eigenvalue weighted by Crippen LogP contribution is -2.20. The number of hydrogen-bond acceptors (Lipinski definition) is 6. The lowest BCUT2D eigenvalue weighted by molar-refractivity contribution is 0.0524. The quantitative estimate of drug-likeness (QED) is 0.486. The molecule has 0 aliphatic heterocycles. The summed E-state index contributed by atoms with van der Waals surface area (Å²) in [5.74, 6) is -0.663. The van der Waals surface area contributed by atoms with Crippen molar-refractivity contribution in [1.82, 2.24) is 14.5 Å². The molecule has 0 radical (unpaired) electrons. The summed E-state index contributed by atoms with van der Waals surface area (Å²) >= 11 is 1.36. The predicted octanol–water partition coefficient (Wildman–Crippen LogP) is 1.79. The van der Waals surface area contributed by atoms with E-state index >= 15 is 0 Å². The zero-order valence-corrected chi connectivity index (χ0v) is 11.9. The molecule has 0 fully saturated rings. The van der Waals surface area contributed by atoms with Crippen molar-refractivity contribution in [3.05, 3.63) is 34.8 Å². The summed E-state index contributed by atoms with van der Waals surface area (Å²) in [7, 11) is 0. The van der Waals surface area contributed by atoms with Crippen molar-refractivity contribution in [3.8, 4) is 0 Å². The summed E-state index contributed by atoms with van der Waals surface area (Å²) in [6, 6.07) is 0. The van der Waals surface area contributed by atoms with Crippen LogP contribution in [0.2, 0.25) is 0 Å². The monoisotopic (exact) mass is 291 g/mol. The summed E-state index contributed by atoms with van der Waals surface area (Å²) in [5.41, 5.74) is -0.0821. The number of hydrogen-bond donors (Lipinski definition) is 0. The van der Waals surface area contributed by atoms with Gasteiger partial charge in [0.15, 0.2) is 10.8 Å². The summed E-state index contributed by atoms with van der Waals surface area (Å²) in [6.07, 6.45) is 6.11. The fraction of sp³-hybridized carbons (Fsp3) is 0.231. The average molecular weight is 291 g/mol. The summed E-state index contributed by atoms with van der Waals surface area (Å²) < 4.78 is 6.39. The van der Waals surface area contributed by atoms with Crippen molar-refractivity contribution < 1.29 is 9.53 Å². The number of aromatic nitrogens is 3. The average Bonchev–Trinajstić information content (AvgIpc) is 2.47. The van der Waals surface area contributed by atoms with E-state index in [-0.39, 0.29) is 17.6 Å². The zero-order valence-electron chi connectivity index (χ0n) is 11.1. The van der Waals surface area contributed by atoms with Gasteiger partial charge in [-0.3, -0.25) is 4.79 Å². The van der Waals surface area contributed by atoms with Gasteiger partial charge in [-0.1, -0.05) is 18.3 Å². The second-order valence-electron chi connectivity index (χ2n) is 3.78. The molecule has 0 bridgehead atoms. The fourth-order valence-corrected chi connectivity index (χ4v) is 2.05. The van der Waals surface area contributed by atoms with Crippen molar-refractivity contribution >= 4 is 35.0 Å². The van der Waals surface area contributed by atoms with E-state index < -0.39 is 11.4 Å². The van der Waals surface area contributed by atoms with E-state index in [0.29, 0.717) is 10.8 Å². The van der Waals surface area contributed by atoms with Gasteiger partial charge in [0.2, 0.25) is 5.43 Å². The molecule has 0 N–H and O–H groups in total. The molecule has 7 heteroatoms. The smallest absolute Gasteiger partial charge is 0.343 e. The van der Waals surface area contributed by atoms with Crippen LogP contribution in [-0.4, -0.2) is 33.4 Å². The zero-order chi connectivity index (χ0) is 14.7. The van der Waals surface area contributed by atoms with Crippen LogP contribution in [0.4, 0.5) is 0 Å². The highest BCUT2D eigenvalue weighted by molar-refractivity contribution is 7.98. The third-order valence-corrected chi connectivity index (χ3v) is 3.19. The van der Waals surface area contributed by atoms with Crippen LogP contribution < -0.4 is 5.43 Å². The lowest BCUT2D eigenvalue weighted by atomic mass is 10.2. The Labute approximate surface area is 119 Å². The van der Waals surface area contributed by atoms with E-state index in [1.165, 1.54) is 34.9 Å². The first-order valence-corrected chi connectivity index (χ1v) is 7.10. The molecular formula is C13H13N3O3S. The Morgan fingerprint density at radius 1 is 1.60 bits per heavy atom. The van der Waals surface area contributed by atoms with Crippen LogP contribution in [0.15, 0.2) is 28.9 Å². The molecule has 0 unspecified atom stereocenters. The Hall–Kier alpha value is -2.15. The largest absolute Gasteiger partial charge is 0.462 e. The number of nitrogens with zero attached hydrogens (tertiary/aromatic N) is 3. The summed E-state index contributed by atoms with van der Waals surface area (Å²) in [6.45, 7) is 5.53. The Bertz CT molecular complexity index is 739. The van der Waals surface area contributed by atoms with Gasteiger partial charge in [-0.2, -0.15) is 0 Å². The van der Waals surface area contributed by atoms with E-state index in [1.54, 1.807) is 6.92 Å². The van der Waals surface area contributed by atoms with Crippen LogP contribution in [0.25, 0.3) is 17.2 Å². The third-order valence-electron chi connectivity index (χ3n) is 2.62. The normalized spacial score (nSPS) is 10.5. The first-order valence-electron chi connectivity index (χ1n) is 5.88.